The average Bonchev–Trinajstić information content (AvgIpc) is 3.19. The summed E-state index contributed by atoms with van der Waals surface area (Å²) in [4.78, 5) is 25.1. The van der Waals surface area contributed by atoms with E-state index in [4.69, 9.17) is 5.11 Å². The van der Waals surface area contributed by atoms with Crippen LogP contribution >= 0.6 is 0 Å². The second kappa shape index (κ2) is 5.43. The van der Waals surface area contributed by atoms with Gasteiger partial charge in [-0.3, -0.25) is 9.59 Å². The molecular weight excluding hydrogens is 242 g/mol. The fourth-order valence-corrected chi connectivity index (χ4v) is 2.10. The maximum absolute atomic E-state index is 12.5. The number of rotatable bonds is 5. The number of benzene rings is 1. The van der Waals surface area contributed by atoms with E-state index in [1.165, 1.54) is 0 Å². The summed E-state index contributed by atoms with van der Waals surface area (Å²) in [7, 11) is 0. The molecule has 1 aliphatic carbocycles. The minimum absolute atomic E-state index is 0.0562. The van der Waals surface area contributed by atoms with Gasteiger partial charge < -0.3 is 10.0 Å². The zero-order valence-corrected chi connectivity index (χ0v) is 11.3. The number of hydrogen-bond donors (Lipinski definition) is 1. The largest absolute Gasteiger partial charge is 0.481 e. The van der Waals surface area contributed by atoms with Crippen molar-refractivity contribution in [3.63, 3.8) is 0 Å². The van der Waals surface area contributed by atoms with Crippen LogP contribution in [0.25, 0.3) is 0 Å². The number of carbonyl (C=O) groups is 2. The van der Waals surface area contributed by atoms with E-state index in [1.807, 2.05) is 25.1 Å². The number of carboxylic acids is 1. The molecule has 1 N–H and O–H groups in total. The quantitative estimate of drug-likeness (QED) is 0.885. The normalized spacial score (nSPS) is 15.9. The van der Waals surface area contributed by atoms with Gasteiger partial charge in [-0.1, -0.05) is 24.6 Å². The summed E-state index contributed by atoms with van der Waals surface area (Å²) in [5.74, 6) is -1.45. The fraction of sp³-hybridized carbons (Fsp3) is 0.467. The van der Waals surface area contributed by atoms with Crippen LogP contribution in [-0.4, -0.2) is 34.5 Å². The van der Waals surface area contributed by atoms with E-state index in [0.29, 0.717) is 5.56 Å². The molecule has 0 aliphatic heterocycles. The number of carboxylic acid groups (broad SMARTS) is 1. The van der Waals surface area contributed by atoms with Crippen LogP contribution in [-0.2, 0) is 4.79 Å². The third kappa shape index (κ3) is 3.34. The Labute approximate surface area is 113 Å². The summed E-state index contributed by atoms with van der Waals surface area (Å²) in [5.41, 5.74) is 1.68. The maximum Gasteiger partial charge on any atom is 0.308 e. The van der Waals surface area contributed by atoms with Crippen LogP contribution in [0.4, 0.5) is 0 Å². The predicted molar refractivity (Wildman–Crippen MR) is 72.0 cm³/mol. The lowest BCUT2D eigenvalue weighted by atomic mass is 10.1. The molecule has 1 aromatic rings. The molecule has 0 heterocycles. The van der Waals surface area contributed by atoms with Crippen molar-refractivity contribution in [3.8, 4) is 0 Å². The van der Waals surface area contributed by atoms with Gasteiger partial charge in [-0.05, 0) is 31.9 Å². The Kier molecular flexibility index (Phi) is 3.88. The first-order valence-electron chi connectivity index (χ1n) is 6.59. The molecule has 4 nitrogen and oxygen atoms in total. The molecule has 19 heavy (non-hydrogen) atoms. The molecular formula is C15H19NO3. The molecule has 102 valence electrons. The van der Waals surface area contributed by atoms with Crippen molar-refractivity contribution in [2.75, 3.05) is 6.54 Å². The molecule has 1 aliphatic rings. The molecule has 1 atom stereocenters. The van der Waals surface area contributed by atoms with Gasteiger partial charge in [0, 0.05) is 18.2 Å². The van der Waals surface area contributed by atoms with Crippen molar-refractivity contribution in [3.05, 3.63) is 35.4 Å². The van der Waals surface area contributed by atoms with E-state index >= 15 is 0 Å². The third-order valence-corrected chi connectivity index (χ3v) is 3.41. The molecule has 1 amide bonds. The number of amides is 1. The number of nitrogens with zero attached hydrogens (tertiary/aromatic N) is 1. The lowest BCUT2D eigenvalue weighted by Crippen LogP contribution is -2.38. The van der Waals surface area contributed by atoms with Crippen molar-refractivity contribution in [2.24, 2.45) is 5.92 Å². The Balaban J connectivity index is 2.15. The van der Waals surface area contributed by atoms with E-state index in [2.05, 4.69) is 0 Å². The summed E-state index contributed by atoms with van der Waals surface area (Å²) in [6, 6.07) is 7.65. The Bertz CT molecular complexity index is 494. The van der Waals surface area contributed by atoms with Crippen LogP contribution in [0.15, 0.2) is 24.3 Å². The topological polar surface area (TPSA) is 57.6 Å². The van der Waals surface area contributed by atoms with Crippen molar-refractivity contribution in [1.29, 1.82) is 0 Å². The van der Waals surface area contributed by atoms with Gasteiger partial charge in [0.05, 0.1) is 5.92 Å². The second-order valence-corrected chi connectivity index (χ2v) is 5.30. The van der Waals surface area contributed by atoms with Crippen LogP contribution < -0.4 is 0 Å². The average molecular weight is 261 g/mol. The van der Waals surface area contributed by atoms with Crippen LogP contribution in [0.3, 0.4) is 0 Å². The fourth-order valence-electron chi connectivity index (χ4n) is 2.10. The highest BCUT2D eigenvalue weighted by atomic mass is 16.4. The number of carbonyl (C=O) groups excluding carboxylic acids is 1. The highest BCUT2D eigenvalue weighted by Gasteiger charge is 2.34. The first-order chi connectivity index (χ1) is 8.99. The number of aryl methyl sites for hydroxylation is 1. The first-order valence-corrected chi connectivity index (χ1v) is 6.59. The highest BCUT2D eigenvalue weighted by Crippen LogP contribution is 2.29. The summed E-state index contributed by atoms with van der Waals surface area (Å²) < 4.78 is 0. The SMILES string of the molecule is Cc1cccc(C(=O)N(C[C@@H](C)C(=O)O)C2CC2)c1. The van der Waals surface area contributed by atoms with Gasteiger partial charge in [0.2, 0.25) is 0 Å². The van der Waals surface area contributed by atoms with E-state index in [-0.39, 0.29) is 18.5 Å². The molecule has 4 heteroatoms. The summed E-state index contributed by atoms with van der Waals surface area (Å²) in [5, 5.41) is 8.99. The van der Waals surface area contributed by atoms with Gasteiger partial charge >= 0.3 is 5.97 Å². The van der Waals surface area contributed by atoms with Gasteiger partial charge in [0.15, 0.2) is 0 Å². The van der Waals surface area contributed by atoms with Crippen LogP contribution in [0.5, 0.6) is 0 Å². The van der Waals surface area contributed by atoms with Crippen LogP contribution in [0.1, 0.15) is 35.7 Å². The second-order valence-electron chi connectivity index (χ2n) is 5.30. The van der Waals surface area contributed by atoms with Gasteiger partial charge in [-0.2, -0.15) is 0 Å². The monoisotopic (exact) mass is 261 g/mol. The lowest BCUT2D eigenvalue weighted by molar-refractivity contribution is -0.141. The lowest BCUT2D eigenvalue weighted by Gasteiger charge is -2.24. The Morgan fingerprint density at radius 3 is 2.63 bits per heavy atom. The minimum Gasteiger partial charge on any atom is -0.481 e. The zero-order chi connectivity index (χ0) is 14.0. The van der Waals surface area contributed by atoms with E-state index in [1.54, 1.807) is 17.9 Å². The minimum atomic E-state index is -0.859. The zero-order valence-electron chi connectivity index (χ0n) is 11.3. The molecule has 1 fully saturated rings. The molecule has 0 bridgehead atoms. The molecule has 0 aromatic heterocycles. The summed E-state index contributed by atoms with van der Waals surface area (Å²) in [6.07, 6.45) is 1.95. The summed E-state index contributed by atoms with van der Waals surface area (Å²) in [6.45, 7) is 3.87. The third-order valence-electron chi connectivity index (χ3n) is 3.41. The molecule has 0 spiro atoms. The van der Waals surface area contributed by atoms with Crippen molar-refractivity contribution in [2.45, 2.75) is 32.7 Å². The van der Waals surface area contributed by atoms with Crippen molar-refractivity contribution in [1.82, 2.24) is 4.90 Å². The number of hydrogen-bond acceptors (Lipinski definition) is 2. The molecule has 2 rings (SSSR count). The van der Waals surface area contributed by atoms with Gasteiger partial charge in [0.25, 0.3) is 5.91 Å². The Morgan fingerprint density at radius 2 is 2.11 bits per heavy atom. The first kappa shape index (κ1) is 13.6. The maximum atomic E-state index is 12.5. The van der Waals surface area contributed by atoms with Gasteiger partial charge in [0.1, 0.15) is 0 Å². The predicted octanol–water partition coefficient (Wildman–Crippen LogP) is 2.32. The Hall–Kier alpha value is -1.84. The molecule has 0 unspecified atom stereocenters. The van der Waals surface area contributed by atoms with Gasteiger partial charge in [-0.15, -0.1) is 0 Å². The van der Waals surface area contributed by atoms with E-state index in [9.17, 15) is 9.59 Å². The standard InChI is InChI=1S/C15H19NO3/c1-10-4-3-5-12(8-10)14(17)16(13-6-7-13)9-11(2)15(18)19/h3-5,8,11,13H,6-7,9H2,1-2H3,(H,18,19)/t11-/m1/s1. The van der Waals surface area contributed by atoms with E-state index in [0.717, 1.165) is 18.4 Å². The molecule has 0 radical (unpaired) electrons. The summed E-state index contributed by atoms with van der Waals surface area (Å²) >= 11 is 0. The van der Waals surface area contributed by atoms with Crippen molar-refractivity contribution < 1.29 is 14.7 Å². The molecule has 1 aromatic carbocycles. The molecule has 1 saturated carbocycles. The van der Waals surface area contributed by atoms with E-state index < -0.39 is 11.9 Å². The number of aliphatic carboxylic acids is 1. The van der Waals surface area contributed by atoms with Crippen LogP contribution in [0, 0.1) is 12.8 Å². The van der Waals surface area contributed by atoms with Crippen molar-refractivity contribution >= 4 is 11.9 Å². The van der Waals surface area contributed by atoms with Gasteiger partial charge in [-0.25, -0.2) is 0 Å². The van der Waals surface area contributed by atoms with Crippen LogP contribution in [0.2, 0.25) is 0 Å². The highest BCUT2D eigenvalue weighted by molar-refractivity contribution is 5.95. The Morgan fingerprint density at radius 1 is 1.42 bits per heavy atom. The molecule has 0 saturated heterocycles. The smallest absolute Gasteiger partial charge is 0.308 e.